The van der Waals surface area contributed by atoms with Crippen LogP contribution in [-0.4, -0.2) is 5.91 Å². The van der Waals surface area contributed by atoms with Gasteiger partial charge in [-0.2, -0.15) is 5.26 Å². The molecule has 1 fully saturated rings. The van der Waals surface area contributed by atoms with Crippen LogP contribution in [-0.2, 0) is 4.79 Å². The first-order chi connectivity index (χ1) is 7.46. The highest BCUT2D eigenvalue weighted by Gasteiger charge is 2.50. The summed E-state index contributed by atoms with van der Waals surface area (Å²) in [5.74, 6) is 0.602. The fourth-order valence-corrected chi connectivity index (χ4v) is 2.89. The molecule has 2 unspecified atom stereocenters. The number of nitrogens with zero attached hydrogens (tertiary/aromatic N) is 1. The Morgan fingerprint density at radius 3 is 2.81 bits per heavy atom. The summed E-state index contributed by atoms with van der Waals surface area (Å²) in [6, 6.07) is 1.86. The third-order valence-electron chi connectivity index (χ3n) is 4.21. The molecule has 16 heavy (non-hydrogen) atoms. The Balaban J connectivity index is 2.28. The van der Waals surface area contributed by atoms with Gasteiger partial charge in [-0.25, -0.2) is 0 Å². The number of primary amides is 1. The van der Waals surface area contributed by atoms with E-state index < -0.39 is 5.91 Å². The Labute approximate surface area is 95.6 Å². The van der Waals surface area contributed by atoms with Gasteiger partial charge in [0.05, 0.1) is 0 Å². The fourth-order valence-electron chi connectivity index (χ4n) is 2.89. The maximum Gasteiger partial charge on any atom is 0.259 e. The highest BCUT2D eigenvalue weighted by Crippen LogP contribution is 2.59. The van der Waals surface area contributed by atoms with Crippen molar-refractivity contribution in [1.29, 1.82) is 5.26 Å². The molecule has 0 radical (unpaired) electrons. The minimum absolute atomic E-state index is 0.0624. The second-order valence-corrected chi connectivity index (χ2v) is 5.28. The van der Waals surface area contributed by atoms with Crippen molar-refractivity contribution >= 4 is 5.91 Å². The molecule has 2 atom stereocenters. The maximum atomic E-state index is 11.0. The largest absolute Gasteiger partial charge is 0.365 e. The van der Waals surface area contributed by atoms with Crippen LogP contribution < -0.4 is 5.73 Å². The SMILES string of the molecule is CC1(C)C2CC=C(/C=C(/C#N)C(N)=O)C1C2. The first-order valence-corrected chi connectivity index (χ1v) is 5.58. The molecule has 2 N–H and O–H groups in total. The molecular weight excluding hydrogens is 200 g/mol. The molecule has 84 valence electrons. The van der Waals surface area contributed by atoms with Gasteiger partial charge in [0.25, 0.3) is 5.91 Å². The number of hydrogen-bond donors (Lipinski definition) is 1. The molecule has 0 saturated heterocycles. The zero-order chi connectivity index (χ0) is 11.9. The number of rotatable bonds is 2. The third-order valence-corrected chi connectivity index (χ3v) is 4.21. The molecule has 0 aromatic rings. The number of fused-ring (bicyclic) bond motifs is 1. The predicted octanol–water partition coefficient (Wildman–Crippen LogP) is 1.91. The summed E-state index contributed by atoms with van der Waals surface area (Å²) in [4.78, 5) is 11.0. The number of allylic oxidation sites excluding steroid dienone is 3. The van der Waals surface area contributed by atoms with Gasteiger partial charge in [-0.05, 0) is 41.7 Å². The van der Waals surface area contributed by atoms with Crippen LogP contribution in [0.3, 0.4) is 0 Å². The molecule has 0 spiro atoms. The molecule has 0 aromatic heterocycles. The number of nitrogens with two attached hydrogens (primary N) is 1. The minimum atomic E-state index is -0.636. The van der Waals surface area contributed by atoms with E-state index >= 15 is 0 Å². The first kappa shape index (κ1) is 10.9. The number of amides is 1. The van der Waals surface area contributed by atoms with Crippen LogP contribution in [0.2, 0.25) is 0 Å². The summed E-state index contributed by atoms with van der Waals surface area (Å²) in [5, 5.41) is 8.81. The quantitative estimate of drug-likeness (QED) is 0.566. The average Bonchev–Trinajstić information content (AvgIpc) is 2.25. The van der Waals surface area contributed by atoms with E-state index in [1.54, 1.807) is 6.08 Å². The van der Waals surface area contributed by atoms with E-state index in [-0.39, 0.29) is 5.57 Å². The van der Waals surface area contributed by atoms with Gasteiger partial charge in [0.15, 0.2) is 0 Å². The lowest BCUT2D eigenvalue weighted by atomic mass is 9.49. The Kier molecular flexibility index (Phi) is 2.38. The van der Waals surface area contributed by atoms with E-state index in [4.69, 9.17) is 11.0 Å². The second-order valence-electron chi connectivity index (χ2n) is 5.28. The predicted molar refractivity (Wildman–Crippen MR) is 61.0 cm³/mol. The van der Waals surface area contributed by atoms with Gasteiger partial charge in [0.2, 0.25) is 0 Å². The minimum Gasteiger partial charge on any atom is -0.365 e. The van der Waals surface area contributed by atoms with Crippen LogP contribution >= 0.6 is 0 Å². The van der Waals surface area contributed by atoms with Crippen molar-refractivity contribution < 1.29 is 4.79 Å². The molecule has 3 nitrogen and oxygen atoms in total. The number of carbonyl (C=O) groups excluding carboxylic acids is 1. The van der Waals surface area contributed by atoms with Gasteiger partial charge in [0, 0.05) is 0 Å². The van der Waals surface area contributed by atoms with Crippen molar-refractivity contribution in [2.45, 2.75) is 26.7 Å². The van der Waals surface area contributed by atoms with Crippen molar-refractivity contribution in [2.75, 3.05) is 0 Å². The van der Waals surface area contributed by atoms with E-state index in [1.165, 1.54) is 6.42 Å². The Hall–Kier alpha value is -1.56. The highest BCUT2D eigenvalue weighted by molar-refractivity contribution is 5.96. The molecular formula is C13H16N2O. The highest BCUT2D eigenvalue weighted by atomic mass is 16.1. The lowest BCUT2D eigenvalue weighted by molar-refractivity contribution is -0.114. The van der Waals surface area contributed by atoms with E-state index in [1.807, 2.05) is 6.07 Å². The Bertz CT molecular complexity index is 437. The van der Waals surface area contributed by atoms with Crippen molar-refractivity contribution in [3.05, 3.63) is 23.3 Å². The summed E-state index contributed by atoms with van der Waals surface area (Å²) in [5.41, 5.74) is 6.61. The zero-order valence-corrected chi connectivity index (χ0v) is 9.66. The second kappa shape index (κ2) is 3.48. The molecule has 1 amide bonds. The van der Waals surface area contributed by atoms with E-state index in [0.29, 0.717) is 11.3 Å². The van der Waals surface area contributed by atoms with Gasteiger partial charge < -0.3 is 5.73 Å². The van der Waals surface area contributed by atoms with Gasteiger partial charge in [-0.3, -0.25) is 4.79 Å². The van der Waals surface area contributed by atoms with Crippen molar-refractivity contribution in [3.8, 4) is 6.07 Å². The van der Waals surface area contributed by atoms with Crippen molar-refractivity contribution in [2.24, 2.45) is 23.0 Å². The summed E-state index contributed by atoms with van der Waals surface area (Å²) in [6.45, 7) is 4.51. The third kappa shape index (κ3) is 1.46. The van der Waals surface area contributed by atoms with E-state index in [9.17, 15) is 4.79 Å². The van der Waals surface area contributed by atoms with Crippen LogP contribution in [0.25, 0.3) is 0 Å². The molecule has 0 heterocycles. The molecule has 2 bridgehead atoms. The number of carbonyl (C=O) groups is 1. The number of nitriles is 1. The smallest absolute Gasteiger partial charge is 0.259 e. The summed E-state index contributed by atoms with van der Waals surface area (Å²) < 4.78 is 0. The summed E-state index contributed by atoms with van der Waals surface area (Å²) in [7, 11) is 0. The normalized spacial score (nSPS) is 31.1. The van der Waals surface area contributed by atoms with Crippen LogP contribution in [0, 0.1) is 28.6 Å². The molecule has 0 aliphatic heterocycles. The summed E-state index contributed by atoms with van der Waals surface area (Å²) >= 11 is 0. The lowest BCUT2D eigenvalue weighted by Crippen LogP contribution is -2.47. The van der Waals surface area contributed by atoms with Crippen LogP contribution in [0.4, 0.5) is 0 Å². The van der Waals surface area contributed by atoms with Crippen LogP contribution in [0.15, 0.2) is 23.3 Å². The van der Waals surface area contributed by atoms with E-state index in [2.05, 4.69) is 19.9 Å². The molecule has 3 aliphatic rings. The monoisotopic (exact) mass is 216 g/mol. The fraction of sp³-hybridized carbons (Fsp3) is 0.538. The molecule has 3 rings (SSSR count). The molecule has 3 aliphatic carbocycles. The topological polar surface area (TPSA) is 66.9 Å². The van der Waals surface area contributed by atoms with Gasteiger partial charge >= 0.3 is 0 Å². The Morgan fingerprint density at radius 1 is 1.69 bits per heavy atom. The Morgan fingerprint density at radius 2 is 2.38 bits per heavy atom. The van der Waals surface area contributed by atoms with Gasteiger partial charge in [0.1, 0.15) is 11.6 Å². The molecule has 3 heteroatoms. The number of hydrogen-bond acceptors (Lipinski definition) is 2. The zero-order valence-electron chi connectivity index (χ0n) is 9.66. The standard InChI is InChI=1S/C13H16N2O/c1-13(2)10-4-3-8(11(13)6-10)5-9(7-14)12(15)16/h3,5,10-11H,4,6H2,1-2H3,(H2,15,16)/b9-5-. The maximum absolute atomic E-state index is 11.0. The molecule has 1 saturated carbocycles. The molecule has 0 aromatic carbocycles. The summed E-state index contributed by atoms with van der Waals surface area (Å²) in [6.07, 6.45) is 6.04. The lowest BCUT2D eigenvalue weighted by Gasteiger charge is -2.56. The van der Waals surface area contributed by atoms with Crippen molar-refractivity contribution in [3.63, 3.8) is 0 Å². The van der Waals surface area contributed by atoms with Crippen molar-refractivity contribution in [1.82, 2.24) is 0 Å². The first-order valence-electron chi connectivity index (χ1n) is 5.58. The van der Waals surface area contributed by atoms with Crippen LogP contribution in [0.5, 0.6) is 0 Å². The van der Waals surface area contributed by atoms with Crippen LogP contribution in [0.1, 0.15) is 26.7 Å². The average molecular weight is 216 g/mol. The van der Waals surface area contributed by atoms with E-state index in [0.717, 1.165) is 17.9 Å². The van der Waals surface area contributed by atoms with Gasteiger partial charge in [-0.1, -0.05) is 19.9 Å². The van der Waals surface area contributed by atoms with Gasteiger partial charge in [-0.15, -0.1) is 0 Å².